The lowest BCUT2D eigenvalue weighted by Crippen LogP contribution is -2.43. The molecule has 0 saturated heterocycles. The van der Waals surface area contributed by atoms with Crippen LogP contribution >= 0.6 is 0 Å². The van der Waals surface area contributed by atoms with Gasteiger partial charge in [0.2, 0.25) is 10.0 Å². The summed E-state index contributed by atoms with van der Waals surface area (Å²) in [7, 11) is -3.55. The number of sulfonamides is 1. The monoisotopic (exact) mass is 347 g/mol. The van der Waals surface area contributed by atoms with Crippen molar-refractivity contribution in [2.45, 2.75) is 24.8 Å². The first-order valence-corrected chi connectivity index (χ1v) is 9.40. The number of ether oxygens (including phenoxy) is 2. The van der Waals surface area contributed by atoms with E-state index in [0.29, 0.717) is 29.5 Å². The van der Waals surface area contributed by atoms with Crippen LogP contribution in [-0.4, -0.2) is 38.5 Å². The standard InChI is InChI=1S/C18H21NO4S/c1-3-19(24(20,21)16-10-8-14(2)9-11-16)12-15-13-22-17-6-4-5-7-18(17)23-15/h4-11,15H,3,12-13H2,1-2H3/t15-/m1/s1. The van der Waals surface area contributed by atoms with Crippen molar-refractivity contribution in [1.29, 1.82) is 0 Å². The van der Waals surface area contributed by atoms with Crippen LogP contribution in [0.5, 0.6) is 11.5 Å². The minimum Gasteiger partial charge on any atom is -0.486 e. The predicted octanol–water partition coefficient (Wildman–Crippen LogP) is 2.85. The number of hydrogen-bond donors (Lipinski definition) is 0. The summed E-state index contributed by atoms with van der Waals surface area (Å²) in [6.45, 7) is 4.71. The molecule has 0 bridgehead atoms. The number of hydrogen-bond acceptors (Lipinski definition) is 4. The highest BCUT2D eigenvalue weighted by atomic mass is 32.2. The lowest BCUT2D eigenvalue weighted by molar-refractivity contribution is 0.0771. The van der Waals surface area contributed by atoms with Crippen molar-refractivity contribution in [1.82, 2.24) is 4.31 Å². The molecule has 0 N–H and O–H groups in total. The minimum absolute atomic E-state index is 0.251. The molecule has 128 valence electrons. The van der Waals surface area contributed by atoms with E-state index in [1.54, 1.807) is 24.3 Å². The number of benzene rings is 2. The molecule has 0 fully saturated rings. The maximum atomic E-state index is 12.8. The molecule has 24 heavy (non-hydrogen) atoms. The van der Waals surface area contributed by atoms with E-state index in [1.807, 2.05) is 38.1 Å². The molecule has 2 aromatic carbocycles. The molecule has 0 saturated carbocycles. The first-order valence-electron chi connectivity index (χ1n) is 7.96. The van der Waals surface area contributed by atoms with Gasteiger partial charge in [0.15, 0.2) is 11.5 Å². The Labute approximate surface area is 142 Å². The largest absolute Gasteiger partial charge is 0.486 e. The maximum absolute atomic E-state index is 12.8. The Balaban J connectivity index is 1.76. The average molecular weight is 347 g/mol. The van der Waals surface area contributed by atoms with Gasteiger partial charge in [-0.1, -0.05) is 36.8 Å². The molecule has 0 unspecified atom stereocenters. The van der Waals surface area contributed by atoms with Gasteiger partial charge in [0.05, 0.1) is 11.4 Å². The lowest BCUT2D eigenvalue weighted by Gasteiger charge is -2.30. The van der Waals surface area contributed by atoms with Crippen LogP contribution in [0.2, 0.25) is 0 Å². The highest BCUT2D eigenvalue weighted by Gasteiger charge is 2.29. The van der Waals surface area contributed by atoms with Gasteiger partial charge < -0.3 is 9.47 Å². The topological polar surface area (TPSA) is 55.8 Å². The van der Waals surface area contributed by atoms with E-state index in [4.69, 9.17) is 9.47 Å². The quantitative estimate of drug-likeness (QED) is 0.835. The molecule has 3 rings (SSSR count). The lowest BCUT2D eigenvalue weighted by atomic mass is 10.2. The minimum atomic E-state index is -3.55. The summed E-state index contributed by atoms with van der Waals surface area (Å²) in [6, 6.07) is 14.3. The predicted molar refractivity (Wildman–Crippen MR) is 92.0 cm³/mol. The van der Waals surface area contributed by atoms with Crippen molar-refractivity contribution in [2.24, 2.45) is 0 Å². The third kappa shape index (κ3) is 3.39. The van der Waals surface area contributed by atoms with Gasteiger partial charge in [0.1, 0.15) is 12.7 Å². The van der Waals surface area contributed by atoms with E-state index in [-0.39, 0.29) is 12.6 Å². The van der Waals surface area contributed by atoms with Crippen molar-refractivity contribution >= 4 is 10.0 Å². The van der Waals surface area contributed by atoms with E-state index < -0.39 is 10.0 Å². The second-order valence-electron chi connectivity index (χ2n) is 5.77. The Hall–Kier alpha value is -2.05. The normalized spacial score (nSPS) is 17.0. The molecule has 1 heterocycles. The van der Waals surface area contributed by atoms with Gasteiger partial charge in [-0.15, -0.1) is 0 Å². The molecule has 0 aromatic heterocycles. The molecule has 6 heteroatoms. The van der Waals surface area contributed by atoms with Gasteiger partial charge in [-0.3, -0.25) is 0 Å². The van der Waals surface area contributed by atoms with Crippen LogP contribution in [0.3, 0.4) is 0 Å². The molecule has 0 spiro atoms. The molecule has 2 aromatic rings. The van der Waals surface area contributed by atoms with Crippen molar-refractivity contribution < 1.29 is 17.9 Å². The van der Waals surface area contributed by atoms with E-state index in [2.05, 4.69) is 0 Å². The first-order chi connectivity index (χ1) is 11.5. The fraction of sp³-hybridized carbons (Fsp3) is 0.333. The van der Waals surface area contributed by atoms with Gasteiger partial charge >= 0.3 is 0 Å². The number of aryl methyl sites for hydroxylation is 1. The molecule has 5 nitrogen and oxygen atoms in total. The van der Waals surface area contributed by atoms with Crippen LogP contribution in [0, 0.1) is 6.92 Å². The third-order valence-electron chi connectivity index (χ3n) is 3.99. The van der Waals surface area contributed by atoms with Crippen molar-refractivity contribution in [3.8, 4) is 11.5 Å². The van der Waals surface area contributed by atoms with E-state index in [0.717, 1.165) is 5.56 Å². The van der Waals surface area contributed by atoms with Crippen LogP contribution in [0.25, 0.3) is 0 Å². The van der Waals surface area contributed by atoms with Crippen LogP contribution in [0.1, 0.15) is 12.5 Å². The van der Waals surface area contributed by atoms with Crippen molar-refractivity contribution in [2.75, 3.05) is 19.7 Å². The van der Waals surface area contributed by atoms with Gasteiger partial charge in [0.25, 0.3) is 0 Å². The fourth-order valence-electron chi connectivity index (χ4n) is 2.64. The second-order valence-corrected chi connectivity index (χ2v) is 7.70. The summed E-state index contributed by atoms with van der Waals surface area (Å²) >= 11 is 0. The van der Waals surface area contributed by atoms with Gasteiger partial charge in [-0.2, -0.15) is 4.31 Å². The summed E-state index contributed by atoms with van der Waals surface area (Å²) in [4.78, 5) is 0.298. The zero-order valence-corrected chi connectivity index (χ0v) is 14.6. The zero-order valence-electron chi connectivity index (χ0n) is 13.8. The summed E-state index contributed by atoms with van der Waals surface area (Å²) in [5.41, 5.74) is 1.03. The summed E-state index contributed by atoms with van der Waals surface area (Å²) in [5.74, 6) is 1.34. The molecular weight excluding hydrogens is 326 g/mol. The number of rotatable bonds is 5. The number of likely N-dealkylation sites (N-methyl/N-ethyl adjacent to an activating group) is 1. The Morgan fingerprint density at radius 2 is 1.75 bits per heavy atom. The smallest absolute Gasteiger partial charge is 0.243 e. The number of fused-ring (bicyclic) bond motifs is 1. The Morgan fingerprint density at radius 3 is 2.42 bits per heavy atom. The number of nitrogens with zero attached hydrogens (tertiary/aromatic N) is 1. The zero-order chi connectivity index (χ0) is 17.2. The molecule has 1 aliphatic heterocycles. The van der Waals surface area contributed by atoms with Gasteiger partial charge in [-0.25, -0.2) is 8.42 Å². The van der Waals surface area contributed by atoms with Gasteiger partial charge in [-0.05, 0) is 31.2 Å². The second kappa shape index (κ2) is 6.83. The van der Waals surface area contributed by atoms with Crippen LogP contribution in [-0.2, 0) is 10.0 Å². The Bertz CT molecular complexity index is 802. The van der Waals surface area contributed by atoms with Crippen LogP contribution in [0.15, 0.2) is 53.4 Å². The third-order valence-corrected chi connectivity index (χ3v) is 5.94. The fourth-order valence-corrected chi connectivity index (χ4v) is 4.12. The summed E-state index contributed by atoms with van der Waals surface area (Å²) < 4.78 is 38.6. The maximum Gasteiger partial charge on any atom is 0.243 e. The molecular formula is C18H21NO4S. The molecule has 0 amide bonds. The summed E-state index contributed by atoms with van der Waals surface area (Å²) in [6.07, 6.45) is -0.333. The number of para-hydroxylation sites is 2. The molecule has 1 atom stereocenters. The van der Waals surface area contributed by atoms with Crippen molar-refractivity contribution in [3.05, 3.63) is 54.1 Å². The van der Waals surface area contributed by atoms with E-state index in [9.17, 15) is 8.42 Å². The first kappa shape index (κ1) is 16.8. The van der Waals surface area contributed by atoms with E-state index >= 15 is 0 Å². The highest BCUT2D eigenvalue weighted by molar-refractivity contribution is 7.89. The molecule has 0 aliphatic carbocycles. The van der Waals surface area contributed by atoms with Gasteiger partial charge in [0, 0.05) is 6.54 Å². The van der Waals surface area contributed by atoms with Crippen LogP contribution < -0.4 is 9.47 Å². The van der Waals surface area contributed by atoms with E-state index in [1.165, 1.54) is 4.31 Å². The Morgan fingerprint density at radius 1 is 1.08 bits per heavy atom. The molecule has 1 aliphatic rings. The Kier molecular flexibility index (Phi) is 4.78. The molecule has 0 radical (unpaired) electrons. The highest BCUT2D eigenvalue weighted by Crippen LogP contribution is 2.31. The summed E-state index contributed by atoms with van der Waals surface area (Å²) in [5, 5.41) is 0. The van der Waals surface area contributed by atoms with Crippen LogP contribution in [0.4, 0.5) is 0 Å². The SMILES string of the molecule is CCN(C[C@@H]1COc2ccccc2O1)S(=O)(=O)c1ccc(C)cc1. The van der Waals surface area contributed by atoms with Crippen molar-refractivity contribution in [3.63, 3.8) is 0 Å². The average Bonchev–Trinajstić information content (AvgIpc) is 2.59.